The van der Waals surface area contributed by atoms with Crippen LogP contribution in [0.2, 0.25) is 0 Å². The Bertz CT molecular complexity index is 545. The predicted molar refractivity (Wildman–Crippen MR) is 79.7 cm³/mol. The second kappa shape index (κ2) is 5.27. The van der Waals surface area contributed by atoms with Crippen LogP contribution >= 0.6 is 11.3 Å². The van der Waals surface area contributed by atoms with E-state index >= 15 is 0 Å². The maximum atomic E-state index is 4.81. The number of unbranched alkanes of at least 4 members (excludes halogenated alkanes) is 1. The van der Waals surface area contributed by atoms with Gasteiger partial charge in [0.05, 0.1) is 10.2 Å². The Morgan fingerprint density at radius 1 is 1.28 bits per heavy atom. The van der Waals surface area contributed by atoms with E-state index in [2.05, 4.69) is 24.4 Å². The first-order valence-corrected chi connectivity index (χ1v) is 7.85. The van der Waals surface area contributed by atoms with E-state index in [0.717, 1.165) is 11.7 Å². The molecule has 0 bridgehead atoms. The number of hydrogen-bond acceptors (Lipinski definition) is 3. The fraction of sp³-hybridized carbons (Fsp3) is 0.533. The third kappa shape index (κ3) is 2.24. The van der Waals surface area contributed by atoms with Crippen LogP contribution in [0.4, 0.5) is 5.13 Å². The minimum atomic E-state index is 1.04. The number of fused-ring (bicyclic) bond motifs is 3. The molecule has 1 heterocycles. The molecule has 1 aromatic heterocycles. The van der Waals surface area contributed by atoms with E-state index in [1.54, 1.807) is 11.3 Å². The minimum Gasteiger partial charge on any atom is -0.361 e. The van der Waals surface area contributed by atoms with Crippen molar-refractivity contribution >= 4 is 26.7 Å². The molecule has 0 unspecified atom stereocenters. The number of hydrogen-bond donors (Lipinski definition) is 1. The zero-order valence-corrected chi connectivity index (χ0v) is 11.8. The van der Waals surface area contributed by atoms with Crippen LogP contribution in [0.5, 0.6) is 0 Å². The third-order valence-electron chi connectivity index (χ3n) is 3.69. The number of nitrogens with one attached hydrogen (secondary N) is 1. The van der Waals surface area contributed by atoms with E-state index in [-0.39, 0.29) is 0 Å². The normalized spacial score (nSPS) is 14.7. The van der Waals surface area contributed by atoms with Crippen molar-refractivity contribution < 1.29 is 0 Å². The lowest BCUT2D eigenvalue weighted by molar-refractivity contribution is 0.689. The van der Waals surface area contributed by atoms with Crippen molar-refractivity contribution in [1.82, 2.24) is 4.98 Å². The molecule has 1 aliphatic carbocycles. The van der Waals surface area contributed by atoms with Crippen LogP contribution in [0.25, 0.3) is 10.2 Å². The Balaban J connectivity index is 1.91. The highest BCUT2D eigenvalue weighted by Crippen LogP contribution is 2.33. The van der Waals surface area contributed by atoms with Gasteiger partial charge >= 0.3 is 0 Å². The molecule has 2 aromatic rings. The average Bonchev–Trinajstić information content (AvgIpc) is 2.82. The summed E-state index contributed by atoms with van der Waals surface area (Å²) >= 11 is 1.80. The minimum absolute atomic E-state index is 1.04. The SMILES string of the molecule is CCCCNc1nc2c3c(ccc2s1)CCCC3. The number of aromatic nitrogens is 1. The third-order valence-corrected chi connectivity index (χ3v) is 4.67. The van der Waals surface area contributed by atoms with Gasteiger partial charge in [-0.15, -0.1) is 0 Å². The maximum Gasteiger partial charge on any atom is 0.183 e. The number of thiazole rings is 1. The summed E-state index contributed by atoms with van der Waals surface area (Å²) in [5.74, 6) is 0. The van der Waals surface area contributed by atoms with Crippen molar-refractivity contribution in [2.45, 2.75) is 45.4 Å². The Hall–Kier alpha value is -1.09. The van der Waals surface area contributed by atoms with Crippen molar-refractivity contribution in [2.24, 2.45) is 0 Å². The molecule has 18 heavy (non-hydrogen) atoms. The van der Waals surface area contributed by atoms with Crippen molar-refractivity contribution in [3.8, 4) is 0 Å². The molecule has 96 valence electrons. The zero-order chi connectivity index (χ0) is 12.4. The summed E-state index contributed by atoms with van der Waals surface area (Å²) in [4.78, 5) is 4.81. The summed E-state index contributed by atoms with van der Waals surface area (Å²) in [5.41, 5.74) is 4.30. The Morgan fingerprint density at radius 3 is 3.06 bits per heavy atom. The van der Waals surface area contributed by atoms with Crippen LogP contribution in [0.1, 0.15) is 43.7 Å². The molecule has 0 radical (unpaired) electrons. The first kappa shape index (κ1) is 12.0. The second-order valence-electron chi connectivity index (χ2n) is 5.06. The maximum absolute atomic E-state index is 4.81. The summed E-state index contributed by atoms with van der Waals surface area (Å²) < 4.78 is 1.34. The predicted octanol–water partition coefficient (Wildman–Crippen LogP) is 4.39. The van der Waals surface area contributed by atoms with Crippen molar-refractivity contribution in [3.63, 3.8) is 0 Å². The molecular formula is C15H20N2S. The molecule has 0 aliphatic heterocycles. The monoisotopic (exact) mass is 260 g/mol. The van der Waals surface area contributed by atoms with Crippen LogP contribution in [-0.2, 0) is 12.8 Å². The largest absolute Gasteiger partial charge is 0.361 e. The van der Waals surface area contributed by atoms with Gasteiger partial charge in [0.2, 0.25) is 0 Å². The molecule has 0 atom stereocenters. The lowest BCUT2D eigenvalue weighted by Gasteiger charge is -2.15. The molecule has 1 aliphatic rings. The molecule has 0 spiro atoms. The van der Waals surface area contributed by atoms with Gasteiger partial charge < -0.3 is 5.32 Å². The molecule has 3 rings (SSSR count). The summed E-state index contributed by atoms with van der Waals surface area (Å²) in [6.45, 7) is 3.26. The topological polar surface area (TPSA) is 24.9 Å². The van der Waals surface area contributed by atoms with Gasteiger partial charge in [0.1, 0.15) is 0 Å². The fourth-order valence-corrected chi connectivity index (χ4v) is 3.59. The van der Waals surface area contributed by atoms with Gasteiger partial charge in [0, 0.05) is 6.54 Å². The molecule has 1 N–H and O–H groups in total. The van der Waals surface area contributed by atoms with Gasteiger partial charge in [0.15, 0.2) is 5.13 Å². The molecule has 0 amide bonds. The molecule has 3 heteroatoms. The first-order chi connectivity index (χ1) is 8.88. The molecule has 0 fully saturated rings. The van der Waals surface area contributed by atoms with E-state index in [0.29, 0.717) is 0 Å². The van der Waals surface area contributed by atoms with Gasteiger partial charge in [0.25, 0.3) is 0 Å². The molecule has 1 aromatic carbocycles. The highest BCUT2D eigenvalue weighted by molar-refractivity contribution is 7.22. The standard InChI is InChI=1S/C15H20N2S/c1-2-3-10-16-15-17-14-12-7-5-4-6-11(12)8-9-13(14)18-15/h8-9H,2-7,10H2,1H3,(H,16,17). The molecular weight excluding hydrogens is 240 g/mol. The Labute approximate surface area is 112 Å². The van der Waals surface area contributed by atoms with E-state index in [1.807, 2.05) is 0 Å². The Kier molecular flexibility index (Phi) is 3.50. The van der Waals surface area contributed by atoms with Crippen LogP contribution < -0.4 is 5.32 Å². The smallest absolute Gasteiger partial charge is 0.183 e. The molecule has 2 nitrogen and oxygen atoms in total. The van der Waals surface area contributed by atoms with Crippen LogP contribution in [0.3, 0.4) is 0 Å². The van der Waals surface area contributed by atoms with Gasteiger partial charge in [-0.2, -0.15) is 0 Å². The quantitative estimate of drug-likeness (QED) is 0.825. The highest BCUT2D eigenvalue weighted by Gasteiger charge is 2.15. The fourth-order valence-electron chi connectivity index (χ4n) is 2.67. The highest BCUT2D eigenvalue weighted by atomic mass is 32.1. The van der Waals surface area contributed by atoms with Gasteiger partial charge in [-0.3, -0.25) is 0 Å². The summed E-state index contributed by atoms with van der Waals surface area (Å²) in [6, 6.07) is 4.56. The van der Waals surface area contributed by atoms with E-state index < -0.39 is 0 Å². The van der Waals surface area contributed by atoms with Crippen molar-refractivity contribution in [3.05, 3.63) is 23.3 Å². The number of anilines is 1. The van der Waals surface area contributed by atoms with Crippen LogP contribution in [0.15, 0.2) is 12.1 Å². The van der Waals surface area contributed by atoms with E-state index in [9.17, 15) is 0 Å². The number of aryl methyl sites for hydroxylation is 2. The van der Waals surface area contributed by atoms with E-state index in [4.69, 9.17) is 4.98 Å². The average molecular weight is 260 g/mol. The Morgan fingerprint density at radius 2 is 2.17 bits per heavy atom. The molecule has 0 saturated carbocycles. The van der Waals surface area contributed by atoms with Crippen LogP contribution in [0, 0.1) is 0 Å². The number of nitrogens with zero attached hydrogens (tertiary/aromatic N) is 1. The van der Waals surface area contributed by atoms with Crippen molar-refractivity contribution in [2.75, 3.05) is 11.9 Å². The summed E-state index contributed by atoms with van der Waals surface area (Å²) in [7, 11) is 0. The zero-order valence-electron chi connectivity index (χ0n) is 11.0. The lowest BCUT2D eigenvalue weighted by atomic mass is 9.91. The number of rotatable bonds is 4. The molecule has 0 saturated heterocycles. The number of benzene rings is 1. The van der Waals surface area contributed by atoms with E-state index in [1.165, 1.54) is 59.9 Å². The summed E-state index contributed by atoms with van der Waals surface area (Å²) in [5, 5.41) is 4.54. The van der Waals surface area contributed by atoms with Crippen molar-refractivity contribution in [1.29, 1.82) is 0 Å². The lowest BCUT2D eigenvalue weighted by Crippen LogP contribution is -2.03. The second-order valence-corrected chi connectivity index (χ2v) is 6.09. The first-order valence-electron chi connectivity index (χ1n) is 7.03. The van der Waals surface area contributed by atoms with Gasteiger partial charge in [-0.25, -0.2) is 4.98 Å². The van der Waals surface area contributed by atoms with Gasteiger partial charge in [-0.05, 0) is 49.3 Å². The van der Waals surface area contributed by atoms with Crippen LogP contribution in [-0.4, -0.2) is 11.5 Å². The van der Waals surface area contributed by atoms with Gasteiger partial charge in [-0.1, -0.05) is 30.7 Å². The summed E-state index contributed by atoms with van der Waals surface area (Å²) in [6.07, 6.45) is 7.56.